The van der Waals surface area contributed by atoms with Crippen molar-refractivity contribution in [3.63, 3.8) is 0 Å². The van der Waals surface area contributed by atoms with Crippen LogP contribution in [0.15, 0.2) is 4.99 Å². The zero-order valence-electron chi connectivity index (χ0n) is 13.2. The van der Waals surface area contributed by atoms with Gasteiger partial charge in [-0.05, 0) is 39.8 Å². The second-order valence-electron chi connectivity index (χ2n) is 5.96. The summed E-state index contributed by atoms with van der Waals surface area (Å²) in [6.07, 6.45) is 2.50. The predicted octanol–water partition coefficient (Wildman–Crippen LogP) is -0.0253. The third-order valence-corrected chi connectivity index (χ3v) is 5.85. The number of sulfonamides is 1. The minimum absolute atomic E-state index is 0.360. The van der Waals surface area contributed by atoms with Crippen LogP contribution < -0.4 is 10.0 Å². The first-order valence-corrected chi connectivity index (χ1v) is 9.23. The highest BCUT2D eigenvalue weighted by Gasteiger charge is 2.26. The van der Waals surface area contributed by atoms with Gasteiger partial charge in [-0.2, -0.15) is 0 Å². The number of nitrogens with zero attached hydrogens (tertiary/aromatic N) is 3. The Balaban J connectivity index is 1.84. The molecule has 0 aliphatic carbocycles. The summed E-state index contributed by atoms with van der Waals surface area (Å²) in [5.74, 6) is 0.360. The van der Waals surface area contributed by atoms with Crippen molar-refractivity contribution in [1.82, 2.24) is 19.8 Å². The van der Waals surface area contributed by atoms with Crippen molar-refractivity contribution in [2.24, 2.45) is 4.99 Å². The summed E-state index contributed by atoms with van der Waals surface area (Å²) in [5, 5.41) is 2.59. The molecule has 0 aromatic carbocycles. The molecular formula is C13H27N5O2S. The molecule has 1 fully saturated rings. The van der Waals surface area contributed by atoms with E-state index in [4.69, 9.17) is 0 Å². The fraction of sp³-hybridized carbons (Fsp3) is 0.923. The first kappa shape index (κ1) is 16.5. The smallest absolute Gasteiger partial charge is 0.237 e. The number of hydrogen-bond acceptors (Lipinski definition) is 6. The summed E-state index contributed by atoms with van der Waals surface area (Å²) in [4.78, 5) is 9.01. The second-order valence-corrected chi connectivity index (χ2v) is 8.19. The second kappa shape index (κ2) is 6.93. The van der Waals surface area contributed by atoms with Crippen molar-refractivity contribution < 1.29 is 8.42 Å². The summed E-state index contributed by atoms with van der Waals surface area (Å²) in [5.41, 5.74) is 0. The van der Waals surface area contributed by atoms with Crippen molar-refractivity contribution in [2.75, 3.05) is 33.0 Å². The van der Waals surface area contributed by atoms with Crippen LogP contribution in [-0.4, -0.2) is 68.4 Å². The minimum atomic E-state index is -3.32. The SMILES string of the molecule is CCN1CCC[C@H]1CN1CN=C(NS(=O)(=O)C(C)C)NC1. The minimum Gasteiger partial charge on any atom is -0.343 e. The van der Waals surface area contributed by atoms with E-state index >= 15 is 0 Å². The van der Waals surface area contributed by atoms with Gasteiger partial charge in [-0.1, -0.05) is 6.92 Å². The normalized spacial score (nSPS) is 25.0. The Morgan fingerprint density at radius 3 is 2.81 bits per heavy atom. The molecule has 8 heteroatoms. The van der Waals surface area contributed by atoms with Gasteiger partial charge in [0.1, 0.15) is 0 Å². The zero-order valence-corrected chi connectivity index (χ0v) is 14.0. The highest BCUT2D eigenvalue weighted by molar-refractivity contribution is 7.90. The topological polar surface area (TPSA) is 77.0 Å². The van der Waals surface area contributed by atoms with Crippen LogP contribution in [0.5, 0.6) is 0 Å². The van der Waals surface area contributed by atoms with Gasteiger partial charge in [0.05, 0.1) is 18.6 Å². The summed E-state index contributed by atoms with van der Waals surface area (Å²) >= 11 is 0. The Morgan fingerprint density at radius 2 is 2.24 bits per heavy atom. The van der Waals surface area contributed by atoms with Gasteiger partial charge in [0.2, 0.25) is 16.0 Å². The molecule has 2 aliphatic rings. The molecule has 0 bridgehead atoms. The molecule has 0 unspecified atom stereocenters. The van der Waals surface area contributed by atoms with E-state index in [1.54, 1.807) is 13.8 Å². The molecule has 0 radical (unpaired) electrons. The van der Waals surface area contributed by atoms with Crippen molar-refractivity contribution in [3.8, 4) is 0 Å². The van der Waals surface area contributed by atoms with Crippen molar-refractivity contribution >= 4 is 16.0 Å². The van der Waals surface area contributed by atoms with E-state index in [1.165, 1.54) is 19.4 Å². The maximum atomic E-state index is 11.8. The van der Waals surface area contributed by atoms with E-state index in [1.807, 2.05) is 0 Å². The van der Waals surface area contributed by atoms with Crippen LogP contribution in [0, 0.1) is 0 Å². The molecule has 122 valence electrons. The Morgan fingerprint density at radius 1 is 1.48 bits per heavy atom. The quantitative estimate of drug-likeness (QED) is 0.745. The molecular weight excluding hydrogens is 290 g/mol. The number of likely N-dealkylation sites (N-methyl/N-ethyl adjacent to an activating group) is 1. The van der Waals surface area contributed by atoms with E-state index in [0.29, 0.717) is 25.3 Å². The molecule has 1 saturated heterocycles. The molecule has 1 atom stereocenters. The summed E-state index contributed by atoms with van der Waals surface area (Å²) < 4.78 is 26.1. The third-order valence-electron chi connectivity index (χ3n) is 4.13. The van der Waals surface area contributed by atoms with Gasteiger partial charge in [-0.3, -0.25) is 14.5 Å². The number of rotatable bonds is 5. The fourth-order valence-electron chi connectivity index (χ4n) is 2.72. The van der Waals surface area contributed by atoms with Crippen LogP contribution in [0.25, 0.3) is 0 Å². The molecule has 2 aliphatic heterocycles. The molecule has 0 aromatic rings. The van der Waals surface area contributed by atoms with Crippen LogP contribution in [-0.2, 0) is 10.0 Å². The Bertz CT molecular complexity index is 477. The van der Waals surface area contributed by atoms with Gasteiger partial charge < -0.3 is 5.32 Å². The third kappa shape index (κ3) is 4.31. The van der Waals surface area contributed by atoms with Crippen molar-refractivity contribution in [1.29, 1.82) is 0 Å². The lowest BCUT2D eigenvalue weighted by molar-refractivity contribution is 0.172. The van der Waals surface area contributed by atoms with E-state index in [2.05, 4.69) is 31.8 Å². The number of guanidine groups is 1. The number of aliphatic imine (C=N–C) groups is 1. The monoisotopic (exact) mass is 317 g/mol. The predicted molar refractivity (Wildman–Crippen MR) is 84.5 cm³/mol. The lowest BCUT2D eigenvalue weighted by Gasteiger charge is -2.32. The van der Waals surface area contributed by atoms with E-state index < -0.39 is 15.3 Å². The van der Waals surface area contributed by atoms with Gasteiger partial charge in [0, 0.05) is 12.6 Å². The lowest BCUT2D eigenvalue weighted by Crippen LogP contribution is -2.53. The Hall–Kier alpha value is -0.860. The zero-order chi connectivity index (χ0) is 15.5. The summed E-state index contributed by atoms with van der Waals surface area (Å²) in [7, 11) is -3.32. The largest absolute Gasteiger partial charge is 0.343 e. The van der Waals surface area contributed by atoms with Gasteiger partial charge in [-0.15, -0.1) is 0 Å². The van der Waals surface area contributed by atoms with Crippen LogP contribution >= 0.6 is 0 Å². The maximum absolute atomic E-state index is 11.8. The Labute approximate surface area is 127 Å². The molecule has 2 rings (SSSR count). The summed E-state index contributed by atoms with van der Waals surface area (Å²) in [6, 6.07) is 0.598. The van der Waals surface area contributed by atoms with Crippen molar-refractivity contribution in [2.45, 2.75) is 44.9 Å². The van der Waals surface area contributed by atoms with Gasteiger partial charge in [-0.25, -0.2) is 13.4 Å². The van der Waals surface area contributed by atoms with Gasteiger partial charge in [0.25, 0.3) is 0 Å². The summed E-state index contributed by atoms with van der Waals surface area (Å²) in [6.45, 7) is 9.93. The van der Waals surface area contributed by atoms with Crippen LogP contribution in [0.2, 0.25) is 0 Å². The molecule has 7 nitrogen and oxygen atoms in total. The molecule has 0 amide bonds. The number of hydrogen-bond donors (Lipinski definition) is 2. The first-order valence-electron chi connectivity index (χ1n) is 7.68. The molecule has 0 aromatic heterocycles. The average molecular weight is 317 g/mol. The highest BCUT2D eigenvalue weighted by atomic mass is 32.2. The standard InChI is InChI=1S/C13H27N5O2S/c1-4-18-7-5-6-12(18)8-17-9-14-13(15-10-17)16-21(19,20)11(2)3/h11-12H,4-10H2,1-3H3,(H2,14,15,16)/t12-/m0/s1. The average Bonchev–Trinajstić information content (AvgIpc) is 2.87. The number of nitrogens with one attached hydrogen (secondary N) is 2. The van der Waals surface area contributed by atoms with E-state index in [9.17, 15) is 8.42 Å². The number of likely N-dealkylation sites (tertiary alicyclic amines) is 1. The van der Waals surface area contributed by atoms with E-state index in [-0.39, 0.29) is 0 Å². The van der Waals surface area contributed by atoms with Crippen LogP contribution in [0.4, 0.5) is 0 Å². The van der Waals surface area contributed by atoms with Gasteiger partial charge >= 0.3 is 0 Å². The lowest BCUT2D eigenvalue weighted by atomic mass is 10.2. The molecule has 2 heterocycles. The first-order chi connectivity index (χ1) is 9.92. The Kier molecular flexibility index (Phi) is 5.45. The highest BCUT2D eigenvalue weighted by Crippen LogP contribution is 2.17. The van der Waals surface area contributed by atoms with Gasteiger partial charge in [0.15, 0.2) is 0 Å². The maximum Gasteiger partial charge on any atom is 0.237 e. The molecule has 0 saturated carbocycles. The van der Waals surface area contributed by atoms with E-state index in [0.717, 1.165) is 13.1 Å². The molecule has 2 N–H and O–H groups in total. The molecule has 0 spiro atoms. The van der Waals surface area contributed by atoms with Crippen LogP contribution in [0.1, 0.15) is 33.6 Å². The molecule has 21 heavy (non-hydrogen) atoms. The van der Waals surface area contributed by atoms with Crippen molar-refractivity contribution in [3.05, 3.63) is 0 Å². The van der Waals surface area contributed by atoms with Crippen LogP contribution in [0.3, 0.4) is 0 Å². The fourth-order valence-corrected chi connectivity index (χ4v) is 3.36.